The van der Waals surface area contributed by atoms with Crippen LogP contribution in [0.3, 0.4) is 0 Å². The fraction of sp³-hybridized carbons (Fsp3) is 0.286. The third-order valence-corrected chi connectivity index (χ3v) is 5.72. The monoisotopic (exact) mass is 463 g/mol. The smallest absolute Gasteiger partial charge is 0.282 e. The van der Waals surface area contributed by atoms with E-state index in [2.05, 4.69) is 15.5 Å². The Balaban J connectivity index is 1.71. The van der Waals surface area contributed by atoms with Gasteiger partial charge in [0.15, 0.2) is 5.82 Å². The zero-order chi connectivity index (χ0) is 21.1. The maximum Gasteiger partial charge on any atom is 0.305 e. The minimum Gasteiger partial charge on any atom is -0.282 e. The molecule has 2 aromatic carbocycles. The molecule has 1 aliphatic heterocycles. The molecule has 0 radical (unpaired) electrons. The van der Waals surface area contributed by atoms with Crippen molar-refractivity contribution in [2.75, 3.05) is 13.1 Å². The molecule has 0 unspecified atom stereocenters. The number of benzene rings is 2. The van der Waals surface area contributed by atoms with Crippen LogP contribution in [0.4, 0.5) is 0 Å². The average Bonchev–Trinajstić information content (AvgIpc) is 3.00. The summed E-state index contributed by atoms with van der Waals surface area (Å²) < 4.78 is 1.59. The van der Waals surface area contributed by atoms with Crippen molar-refractivity contribution in [1.82, 2.24) is 25.2 Å². The molecule has 0 atom stereocenters. The summed E-state index contributed by atoms with van der Waals surface area (Å²) in [7, 11) is 0. The Morgan fingerprint density at radius 2 is 1.57 bits per heavy atom. The largest absolute Gasteiger partial charge is 0.305 e. The van der Waals surface area contributed by atoms with Crippen LogP contribution in [0.2, 0.25) is 15.1 Å². The van der Waals surface area contributed by atoms with Gasteiger partial charge in [0.2, 0.25) is 5.82 Å². The second-order valence-corrected chi connectivity index (χ2v) is 8.39. The van der Waals surface area contributed by atoms with Gasteiger partial charge in [-0.15, -0.1) is 5.10 Å². The number of rotatable bonds is 4. The van der Waals surface area contributed by atoms with Crippen LogP contribution in [-0.2, 0) is 0 Å². The molecule has 1 amide bonds. The second kappa shape index (κ2) is 9.35. The summed E-state index contributed by atoms with van der Waals surface area (Å²) in [6, 6.07) is 12.2. The van der Waals surface area contributed by atoms with E-state index in [0.29, 0.717) is 32.1 Å². The molecule has 0 aliphatic carbocycles. The molecule has 0 saturated carbocycles. The molecule has 1 aliphatic rings. The summed E-state index contributed by atoms with van der Waals surface area (Å²) in [4.78, 5) is 17.4. The molecule has 6 nitrogen and oxygen atoms in total. The SMILES string of the molecule is O=C(NN1CCCCCC1)c1nc(-c2ccc(Cl)cc2Cl)n(-c2ccc(Cl)cc2)n1. The zero-order valence-electron chi connectivity index (χ0n) is 16.1. The van der Waals surface area contributed by atoms with Crippen molar-refractivity contribution in [3.05, 3.63) is 63.4 Å². The maximum atomic E-state index is 12.9. The van der Waals surface area contributed by atoms with E-state index in [1.807, 2.05) is 5.01 Å². The molecule has 1 fully saturated rings. The first-order chi connectivity index (χ1) is 14.5. The van der Waals surface area contributed by atoms with E-state index in [1.165, 1.54) is 12.8 Å². The number of carbonyl (C=O) groups excluding carboxylic acids is 1. The number of carbonyl (C=O) groups is 1. The summed E-state index contributed by atoms with van der Waals surface area (Å²) in [5.74, 6) is 0.158. The Labute approximate surface area is 189 Å². The number of aromatic nitrogens is 3. The van der Waals surface area contributed by atoms with Crippen LogP contribution in [0.25, 0.3) is 17.1 Å². The minimum atomic E-state index is -0.351. The summed E-state index contributed by atoms with van der Waals surface area (Å²) in [6.45, 7) is 1.64. The highest BCUT2D eigenvalue weighted by Crippen LogP contribution is 2.31. The Morgan fingerprint density at radius 1 is 0.900 bits per heavy atom. The van der Waals surface area contributed by atoms with Gasteiger partial charge in [-0.25, -0.2) is 14.7 Å². The van der Waals surface area contributed by atoms with Gasteiger partial charge in [0.25, 0.3) is 0 Å². The van der Waals surface area contributed by atoms with E-state index in [4.69, 9.17) is 34.8 Å². The number of nitrogens with zero attached hydrogens (tertiary/aromatic N) is 4. The van der Waals surface area contributed by atoms with Gasteiger partial charge in [-0.3, -0.25) is 10.2 Å². The molecule has 0 bridgehead atoms. The third-order valence-electron chi connectivity index (χ3n) is 4.92. The molecule has 1 aromatic heterocycles. The van der Waals surface area contributed by atoms with Crippen molar-refractivity contribution in [3.63, 3.8) is 0 Å². The summed E-state index contributed by atoms with van der Waals surface area (Å²) in [6.07, 6.45) is 4.46. The minimum absolute atomic E-state index is 0.0650. The van der Waals surface area contributed by atoms with Gasteiger partial charge in [0.1, 0.15) is 0 Å². The van der Waals surface area contributed by atoms with E-state index >= 15 is 0 Å². The standard InChI is InChI=1S/C21H20Cl3N5O/c22-14-5-8-16(9-6-14)29-20(17-10-7-15(23)13-18(17)24)25-19(26-29)21(30)27-28-11-3-1-2-4-12-28/h5-10,13H,1-4,11-12H2,(H,27,30). The molecule has 3 aromatic rings. The van der Waals surface area contributed by atoms with E-state index in [0.717, 1.165) is 25.9 Å². The molecule has 1 N–H and O–H groups in total. The molecule has 0 spiro atoms. The van der Waals surface area contributed by atoms with Crippen molar-refractivity contribution in [2.24, 2.45) is 0 Å². The summed E-state index contributed by atoms with van der Waals surface area (Å²) >= 11 is 18.5. The van der Waals surface area contributed by atoms with Crippen molar-refractivity contribution >= 4 is 40.7 Å². The Kier molecular flexibility index (Phi) is 6.58. The van der Waals surface area contributed by atoms with Crippen molar-refractivity contribution in [1.29, 1.82) is 0 Å². The van der Waals surface area contributed by atoms with Gasteiger partial charge in [0, 0.05) is 28.7 Å². The predicted molar refractivity (Wildman–Crippen MR) is 119 cm³/mol. The molecule has 156 valence electrons. The molecule has 1 saturated heterocycles. The molecule has 30 heavy (non-hydrogen) atoms. The molecule has 9 heteroatoms. The Hall–Kier alpha value is -2.12. The third kappa shape index (κ3) is 4.78. The first-order valence-electron chi connectivity index (χ1n) is 9.75. The lowest BCUT2D eigenvalue weighted by atomic mass is 10.2. The Morgan fingerprint density at radius 3 is 2.23 bits per heavy atom. The molecular weight excluding hydrogens is 445 g/mol. The van der Waals surface area contributed by atoms with Gasteiger partial charge in [0.05, 0.1) is 10.7 Å². The van der Waals surface area contributed by atoms with E-state index in [1.54, 1.807) is 47.1 Å². The number of nitrogens with one attached hydrogen (secondary N) is 1. The van der Waals surface area contributed by atoms with Gasteiger partial charge in [-0.1, -0.05) is 47.6 Å². The van der Waals surface area contributed by atoms with Crippen LogP contribution in [0.15, 0.2) is 42.5 Å². The fourth-order valence-corrected chi connectivity index (χ4v) is 4.01. The number of hydrazine groups is 1. The van der Waals surface area contributed by atoms with E-state index in [9.17, 15) is 4.79 Å². The average molecular weight is 465 g/mol. The van der Waals surface area contributed by atoms with Crippen LogP contribution in [0.5, 0.6) is 0 Å². The quantitative estimate of drug-likeness (QED) is 0.560. The molecule has 2 heterocycles. The number of halogens is 3. The van der Waals surface area contributed by atoms with Crippen LogP contribution < -0.4 is 5.43 Å². The highest BCUT2D eigenvalue weighted by atomic mass is 35.5. The second-order valence-electron chi connectivity index (χ2n) is 7.11. The lowest BCUT2D eigenvalue weighted by Gasteiger charge is -2.19. The first-order valence-corrected chi connectivity index (χ1v) is 10.9. The summed E-state index contributed by atoms with van der Waals surface area (Å²) in [5.41, 5.74) is 4.26. The van der Waals surface area contributed by atoms with Crippen molar-refractivity contribution in [2.45, 2.75) is 25.7 Å². The normalized spacial score (nSPS) is 15.0. The number of hydrogen-bond acceptors (Lipinski definition) is 4. The fourth-order valence-electron chi connectivity index (χ4n) is 3.39. The van der Waals surface area contributed by atoms with Crippen LogP contribution in [-0.4, -0.2) is 38.8 Å². The first kappa shape index (κ1) is 21.1. The van der Waals surface area contributed by atoms with Crippen molar-refractivity contribution in [3.8, 4) is 17.1 Å². The lowest BCUT2D eigenvalue weighted by Crippen LogP contribution is -2.43. The Bertz CT molecular complexity index is 1040. The summed E-state index contributed by atoms with van der Waals surface area (Å²) in [5, 5.41) is 7.94. The van der Waals surface area contributed by atoms with Crippen LogP contribution in [0, 0.1) is 0 Å². The highest BCUT2D eigenvalue weighted by molar-refractivity contribution is 6.36. The van der Waals surface area contributed by atoms with Gasteiger partial charge in [-0.2, -0.15) is 0 Å². The zero-order valence-corrected chi connectivity index (χ0v) is 18.4. The number of amides is 1. The van der Waals surface area contributed by atoms with E-state index < -0.39 is 0 Å². The van der Waals surface area contributed by atoms with Gasteiger partial charge in [-0.05, 0) is 55.3 Å². The van der Waals surface area contributed by atoms with Crippen molar-refractivity contribution < 1.29 is 4.79 Å². The topological polar surface area (TPSA) is 63.1 Å². The van der Waals surface area contributed by atoms with Gasteiger partial charge >= 0.3 is 5.91 Å². The van der Waals surface area contributed by atoms with Crippen LogP contribution >= 0.6 is 34.8 Å². The lowest BCUT2D eigenvalue weighted by molar-refractivity contribution is 0.0783. The van der Waals surface area contributed by atoms with E-state index in [-0.39, 0.29) is 11.7 Å². The predicted octanol–water partition coefficient (Wildman–Crippen LogP) is 5.42. The number of hydrogen-bond donors (Lipinski definition) is 1. The highest BCUT2D eigenvalue weighted by Gasteiger charge is 2.22. The molecular formula is C21H20Cl3N5O. The molecule has 4 rings (SSSR count). The van der Waals surface area contributed by atoms with Gasteiger partial charge < -0.3 is 0 Å². The maximum absolute atomic E-state index is 12.9. The van der Waals surface area contributed by atoms with Crippen LogP contribution in [0.1, 0.15) is 36.3 Å².